The van der Waals surface area contributed by atoms with Gasteiger partial charge in [-0.2, -0.15) is 0 Å². The maximum Gasteiger partial charge on any atom is 0.261 e. The molecule has 0 aliphatic carbocycles. The van der Waals surface area contributed by atoms with Crippen molar-refractivity contribution in [3.05, 3.63) is 63.4 Å². The molecule has 31 heavy (non-hydrogen) atoms. The van der Waals surface area contributed by atoms with Gasteiger partial charge in [-0.05, 0) is 77.9 Å². The second kappa shape index (κ2) is 8.29. The SMILES string of the molecule is COc1cccc(-c2c(N)sc3nc(C)c(C)c(NS(=O)(=O)c4cccc(I)c4)c23)c1. The number of aryl methyl sites for hydroxylation is 1. The first-order valence-electron chi connectivity index (χ1n) is 9.33. The Balaban J connectivity index is 1.97. The number of benzene rings is 2. The number of hydrogen-bond acceptors (Lipinski definition) is 6. The second-order valence-electron chi connectivity index (χ2n) is 7.01. The highest BCUT2D eigenvalue weighted by Crippen LogP contribution is 2.46. The van der Waals surface area contributed by atoms with Gasteiger partial charge in [0.1, 0.15) is 10.6 Å². The van der Waals surface area contributed by atoms with Gasteiger partial charge in [0.05, 0.1) is 22.7 Å². The Morgan fingerprint density at radius 2 is 1.87 bits per heavy atom. The number of thiophene rings is 1. The predicted octanol–water partition coefficient (Wildman–Crippen LogP) is 5.58. The minimum Gasteiger partial charge on any atom is -0.497 e. The van der Waals surface area contributed by atoms with E-state index in [0.29, 0.717) is 26.7 Å². The van der Waals surface area contributed by atoms with Gasteiger partial charge in [-0.15, -0.1) is 0 Å². The first-order valence-corrected chi connectivity index (χ1v) is 12.7. The number of hydrogen-bond donors (Lipinski definition) is 2. The summed E-state index contributed by atoms with van der Waals surface area (Å²) >= 11 is 3.43. The molecule has 9 heteroatoms. The average molecular weight is 565 g/mol. The van der Waals surface area contributed by atoms with Gasteiger partial charge >= 0.3 is 0 Å². The van der Waals surface area contributed by atoms with Crippen LogP contribution in [0.1, 0.15) is 11.3 Å². The number of aromatic nitrogens is 1. The van der Waals surface area contributed by atoms with Crippen LogP contribution in [-0.2, 0) is 10.0 Å². The van der Waals surface area contributed by atoms with Crippen molar-refractivity contribution < 1.29 is 13.2 Å². The predicted molar refractivity (Wildman–Crippen MR) is 135 cm³/mol. The molecule has 2 heterocycles. The Bertz CT molecular complexity index is 1420. The van der Waals surface area contributed by atoms with Gasteiger partial charge in [0, 0.05) is 20.2 Å². The number of pyridine rings is 1. The zero-order chi connectivity index (χ0) is 22.3. The Hall–Kier alpha value is -2.37. The molecule has 0 saturated heterocycles. The van der Waals surface area contributed by atoms with E-state index < -0.39 is 10.0 Å². The smallest absolute Gasteiger partial charge is 0.261 e. The van der Waals surface area contributed by atoms with Gasteiger partial charge in [0.25, 0.3) is 10.0 Å². The van der Waals surface area contributed by atoms with Crippen molar-refractivity contribution in [2.75, 3.05) is 17.6 Å². The summed E-state index contributed by atoms with van der Waals surface area (Å²) in [6, 6.07) is 14.3. The van der Waals surface area contributed by atoms with Crippen molar-refractivity contribution in [2.24, 2.45) is 0 Å². The maximum absolute atomic E-state index is 13.2. The van der Waals surface area contributed by atoms with Crippen LogP contribution in [0, 0.1) is 17.4 Å². The van der Waals surface area contributed by atoms with E-state index in [-0.39, 0.29) is 4.90 Å². The summed E-state index contributed by atoms with van der Waals surface area (Å²) in [5, 5.41) is 1.25. The Kier molecular flexibility index (Phi) is 5.84. The molecule has 0 amide bonds. The number of nitrogens with one attached hydrogen (secondary N) is 1. The normalized spacial score (nSPS) is 11.6. The Morgan fingerprint density at radius 1 is 1.13 bits per heavy atom. The molecule has 3 N–H and O–H groups in total. The van der Waals surface area contributed by atoms with E-state index in [0.717, 1.165) is 26.0 Å². The van der Waals surface area contributed by atoms with Crippen molar-refractivity contribution in [1.29, 1.82) is 0 Å². The van der Waals surface area contributed by atoms with Crippen LogP contribution in [0.15, 0.2) is 53.4 Å². The van der Waals surface area contributed by atoms with Gasteiger partial charge in [-0.25, -0.2) is 13.4 Å². The number of nitrogen functional groups attached to an aromatic ring is 1. The molecule has 2 aromatic heterocycles. The van der Waals surface area contributed by atoms with E-state index >= 15 is 0 Å². The number of methoxy groups -OCH3 is 1. The number of nitrogens with zero attached hydrogens (tertiary/aromatic N) is 1. The minimum absolute atomic E-state index is 0.201. The molecule has 160 valence electrons. The van der Waals surface area contributed by atoms with Gasteiger partial charge in [0.2, 0.25) is 0 Å². The summed E-state index contributed by atoms with van der Waals surface area (Å²) in [5.74, 6) is 0.689. The van der Waals surface area contributed by atoms with Gasteiger partial charge in [0.15, 0.2) is 0 Å². The largest absolute Gasteiger partial charge is 0.497 e. The number of anilines is 2. The third-order valence-corrected chi connectivity index (χ3v) is 7.99. The van der Waals surface area contributed by atoms with E-state index in [2.05, 4.69) is 32.3 Å². The summed E-state index contributed by atoms with van der Waals surface area (Å²) in [6.45, 7) is 3.72. The van der Waals surface area contributed by atoms with Crippen LogP contribution in [0.3, 0.4) is 0 Å². The highest BCUT2D eigenvalue weighted by atomic mass is 127. The van der Waals surface area contributed by atoms with Gasteiger partial charge in [-0.3, -0.25) is 4.72 Å². The van der Waals surface area contributed by atoms with Crippen molar-refractivity contribution >= 4 is 64.9 Å². The zero-order valence-electron chi connectivity index (χ0n) is 17.1. The molecule has 6 nitrogen and oxygen atoms in total. The molecule has 0 radical (unpaired) electrons. The van der Waals surface area contributed by atoms with Crippen LogP contribution in [-0.4, -0.2) is 20.5 Å². The molecule has 0 spiro atoms. The van der Waals surface area contributed by atoms with E-state index in [9.17, 15) is 8.42 Å². The minimum atomic E-state index is -3.81. The average Bonchev–Trinajstić information content (AvgIpc) is 3.06. The lowest BCUT2D eigenvalue weighted by Gasteiger charge is -2.15. The van der Waals surface area contributed by atoms with E-state index in [1.54, 1.807) is 25.3 Å². The molecular formula is C22H20IN3O3S2. The summed E-state index contributed by atoms with van der Waals surface area (Å²) in [6.07, 6.45) is 0. The maximum atomic E-state index is 13.2. The number of ether oxygens (including phenoxy) is 1. The molecule has 0 unspecified atom stereocenters. The first-order chi connectivity index (χ1) is 14.7. The number of sulfonamides is 1. The number of nitrogens with two attached hydrogens (primary N) is 1. The van der Waals surface area contributed by atoms with Crippen molar-refractivity contribution in [1.82, 2.24) is 4.98 Å². The highest BCUT2D eigenvalue weighted by molar-refractivity contribution is 14.1. The fraction of sp³-hybridized carbons (Fsp3) is 0.136. The summed E-state index contributed by atoms with van der Waals surface area (Å²) in [7, 11) is -2.21. The van der Waals surface area contributed by atoms with Crippen molar-refractivity contribution in [3.8, 4) is 16.9 Å². The lowest BCUT2D eigenvalue weighted by molar-refractivity contribution is 0.415. The monoisotopic (exact) mass is 565 g/mol. The molecule has 0 fully saturated rings. The molecular weight excluding hydrogens is 545 g/mol. The lowest BCUT2D eigenvalue weighted by Crippen LogP contribution is -2.15. The van der Waals surface area contributed by atoms with Gasteiger partial charge < -0.3 is 10.5 Å². The molecule has 0 aliphatic rings. The Labute approximate surface area is 198 Å². The second-order valence-corrected chi connectivity index (χ2v) is 11.0. The highest BCUT2D eigenvalue weighted by Gasteiger charge is 2.24. The molecule has 0 saturated carbocycles. The first kappa shape index (κ1) is 21.8. The van der Waals surface area contributed by atoms with Crippen LogP contribution >= 0.6 is 33.9 Å². The van der Waals surface area contributed by atoms with Crippen LogP contribution in [0.4, 0.5) is 10.7 Å². The number of fused-ring (bicyclic) bond motifs is 1. The van der Waals surface area contributed by atoms with Gasteiger partial charge in [-0.1, -0.05) is 29.5 Å². The van der Waals surface area contributed by atoms with E-state index in [4.69, 9.17) is 10.5 Å². The quantitative estimate of drug-likeness (QED) is 0.309. The van der Waals surface area contributed by atoms with E-state index in [1.807, 2.05) is 44.2 Å². The molecule has 0 atom stereocenters. The Morgan fingerprint density at radius 3 is 2.58 bits per heavy atom. The van der Waals surface area contributed by atoms with Crippen molar-refractivity contribution in [3.63, 3.8) is 0 Å². The topological polar surface area (TPSA) is 94.3 Å². The number of rotatable bonds is 5. The standard InChI is InChI=1S/C22H20IN3O3S2/c1-12-13(2)25-22-19(18(21(24)30-22)14-6-4-8-16(10-14)29-3)20(12)26-31(27,28)17-9-5-7-15(23)11-17/h4-11H,24H2,1-3H3,(H,25,26). The molecule has 4 rings (SSSR count). The zero-order valence-corrected chi connectivity index (χ0v) is 20.9. The van der Waals surface area contributed by atoms with E-state index in [1.165, 1.54) is 11.3 Å². The fourth-order valence-corrected chi connectivity index (χ4v) is 6.33. The summed E-state index contributed by atoms with van der Waals surface area (Å²) in [5.41, 5.74) is 9.97. The molecule has 2 aromatic carbocycles. The lowest BCUT2D eigenvalue weighted by atomic mass is 10.0. The summed E-state index contributed by atoms with van der Waals surface area (Å²) in [4.78, 5) is 5.55. The van der Waals surface area contributed by atoms with Crippen LogP contribution < -0.4 is 15.2 Å². The van der Waals surface area contributed by atoms with Crippen LogP contribution in [0.25, 0.3) is 21.3 Å². The molecule has 0 aliphatic heterocycles. The number of halogens is 1. The van der Waals surface area contributed by atoms with Crippen LogP contribution in [0.2, 0.25) is 0 Å². The van der Waals surface area contributed by atoms with Crippen molar-refractivity contribution in [2.45, 2.75) is 18.7 Å². The molecule has 0 bridgehead atoms. The summed E-state index contributed by atoms with van der Waals surface area (Å²) < 4.78 is 35.5. The molecule has 4 aromatic rings. The third-order valence-electron chi connectivity index (χ3n) is 5.06. The van der Waals surface area contributed by atoms with Crippen LogP contribution in [0.5, 0.6) is 5.75 Å². The third kappa shape index (κ3) is 4.09. The fourth-order valence-electron chi connectivity index (χ4n) is 3.37.